The molecule has 0 N–H and O–H groups in total. The Bertz CT molecular complexity index is 676. The summed E-state index contributed by atoms with van der Waals surface area (Å²) in [4.78, 5) is 0. The van der Waals surface area contributed by atoms with Crippen molar-refractivity contribution in [3.63, 3.8) is 0 Å². The van der Waals surface area contributed by atoms with Gasteiger partial charge >= 0.3 is 0 Å². The maximum Gasteiger partial charge on any atom is -0.0153 e. The predicted molar refractivity (Wildman–Crippen MR) is 106 cm³/mol. The summed E-state index contributed by atoms with van der Waals surface area (Å²) in [6.07, 6.45) is 6.65. The SMILES string of the molecule is C/C(=C(/c1ccccc1)C1CCCC(C)(C)CC1)c1ccccc1. The number of rotatable bonds is 3. The first-order valence-electron chi connectivity index (χ1n) is 9.38. The van der Waals surface area contributed by atoms with E-state index >= 15 is 0 Å². The van der Waals surface area contributed by atoms with Crippen LogP contribution in [0.3, 0.4) is 0 Å². The molecule has 1 aliphatic rings. The lowest BCUT2D eigenvalue weighted by Crippen LogP contribution is -2.10. The molecular weight excluding hydrogens is 288 g/mol. The first-order chi connectivity index (χ1) is 11.6. The molecular formula is C24H30. The lowest BCUT2D eigenvalue weighted by Gasteiger charge is -2.24. The number of hydrogen-bond donors (Lipinski definition) is 0. The van der Waals surface area contributed by atoms with Crippen molar-refractivity contribution in [3.05, 3.63) is 71.8 Å². The zero-order chi connectivity index (χ0) is 17.0. The van der Waals surface area contributed by atoms with Crippen LogP contribution in [0.1, 0.15) is 64.0 Å². The predicted octanol–water partition coefficient (Wildman–Crippen LogP) is 7.22. The van der Waals surface area contributed by atoms with Crippen LogP contribution in [0.4, 0.5) is 0 Å². The minimum Gasteiger partial charge on any atom is -0.0622 e. The first-order valence-corrected chi connectivity index (χ1v) is 9.38. The average molecular weight is 319 g/mol. The van der Waals surface area contributed by atoms with E-state index in [1.807, 2.05) is 0 Å². The standard InChI is InChI=1S/C24H30/c1-19(20-11-6-4-7-12-20)23(21-13-8-5-9-14-21)22-15-10-17-24(2,3)18-16-22/h4-9,11-14,22H,10,15-18H2,1-3H3/b23-19+. The first kappa shape index (κ1) is 17.0. The fraction of sp³-hybridized carbons (Fsp3) is 0.417. The molecule has 0 radical (unpaired) electrons. The van der Waals surface area contributed by atoms with Gasteiger partial charge in [-0.1, -0.05) is 80.9 Å². The lowest BCUT2D eigenvalue weighted by atomic mass is 9.80. The Kier molecular flexibility index (Phi) is 5.23. The van der Waals surface area contributed by atoms with E-state index in [1.165, 1.54) is 48.8 Å². The summed E-state index contributed by atoms with van der Waals surface area (Å²) in [5.41, 5.74) is 6.28. The van der Waals surface area contributed by atoms with Gasteiger partial charge in [0, 0.05) is 0 Å². The quantitative estimate of drug-likeness (QED) is 0.414. The second-order valence-electron chi connectivity index (χ2n) is 8.06. The second kappa shape index (κ2) is 7.38. The fourth-order valence-corrected chi connectivity index (χ4v) is 4.17. The molecule has 0 amide bonds. The van der Waals surface area contributed by atoms with E-state index in [-0.39, 0.29) is 0 Å². The Balaban J connectivity index is 2.03. The molecule has 0 nitrogen and oxygen atoms in total. The average Bonchev–Trinajstić information content (AvgIpc) is 2.78. The Morgan fingerprint density at radius 1 is 0.792 bits per heavy atom. The molecule has 2 aromatic rings. The van der Waals surface area contributed by atoms with E-state index < -0.39 is 0 Å². The van der Waals surface area contributed by atoms with E-state index in [0.717, 1.165) is 0 Å². The highest BCUT2D eigenvalue weighted by Gasteiger charge is 2.27. The highest BCUT2D eigenvalue weighted by Crippen LogP contribution is 2.43. The smallest absolute Gasteiger partial charge is 0.0153 e. The summed E-state index contributed by atoms with van der Waals surface area (Å²) in [6, 6.07) is 22.0. The second-order valence-corrected chi connectivity index (χ2v) is 8.06. The van der Waals surface area contributed by atoms with Crippen molar-refractivity contribution in [2.24, 2.45) is 11.3 Å². The third kappa shape index (κ3) is 3.98. The molecule has 0 saturated heterocycles. The lowest BCUT2D eigenvalue weighted by molar-refractivity contribution is 0.312. The Labute approximate surface area is 147 Å². The van der Waals surface area contributed by atoms with Crippen LogP contribution in [0.2, 0.25) is 0 Å². The summed E-state index contributed by atoms with van der Waals surface area (Å²) in [7, 11) is 0. The summed E-state index contributed by atoms with van der Waals surface area (Å²) in [5, 5.41) is 0. The third-order valence-corrected chi connectivity index (χ3v) is 5.68. The largest absolute Gasteiger partial charge is 0.0622 e. The topological polar surface area (TPSA) is 0 Å². The molecule has 0 heterocycles. The molecule has 1 aliphatic carbocycles. The van der Waals surface area contributed by atoms with Crippen molar-refractivity contribution in [2.45, 2.75) is 52.9 Å². The number of hydrogen-bond acceptors (Lipinski definition) is 0. The van der Waals surface area contributed by atoms with Gasteiger partial charge in [-0.15, -0.1) is 0 Å². The van der Waals surface area contributed by atoms with Gasteiger partial charge in [-0.05, 0) is 66.2 Å². The van der Waals surface area contributed by atoms with Gasteiger partial charge in [0.1, 0.15) is 0 Å². The molecule has 24 heavy (non-hydrogen) atoms. The van der Waals surface area contributed by atoms with E-state index in [1.54, 1.807) is 5.57 Å². The molecule has 3 rings (SSSR count). The third-order valence-electron chi connectivity index (χ3n) is 5.68. The van der Waals surface area contributed by atoms with Gasteiger partial charge in [0.2, 0.25) is 0 Å². The van der Waals surface area contributed by atoms with Crippen molar-refractivity contribution in [3.8, 4) is 0 Å². The minimum atomic E-state index is 0.497. The maximum absolute atomic E-state index is 2.44. The van der Waals surface area contributed by atoms with E-state index in [9.17, 15) is 0 Å². The Morgan fingerprint density at radius 2 is 1.38 bits per heavy atom. The van der Waals surface area contributed by atoms with Crippen molar-refractivity contribution >= 4 is 11.1 Å². The van der Waals surface area contributed by atoms with Gasteiger partial charge < -0.3 is 0 Å². The highest BCUT2D eigenvalue weighted by molar-refractivity contribution is 5.90. The molecule has 1 fully saturated rings. The Hall–Kier alpha value is -1.82. The molecule has 126 valence electrons. The number of benzene rings is 2. The van der Waals surface area contributed by atoms with Crippen molar-refractivity contribution in [1.82, 2.24) is 0 Å². The van der Waals surface area contributed by atoms with Gasteiger partial charge in [-0.2, -0.15) is 0 Å². The van der Waals surface area contributed by atoms with Crippen LogP contribution in [-0.2, 0) is 0 Å². The molecule has 0 aromatic heterocycles. The molecule has 0 bridgehead atoms. The summed E-state index contributed by atoms with van der Waals surface area (Å²) < 4.78 is 0. The van der Waals surface area contributed by atoms with Crippen LogP contribution in [0.15, 0.2) is 60.7 Å². The fourth-order valence-electron chi connectivity index (χ4n) is 4.17. The van der Waals surface area contributed by atoms with Crippen LogP contribution >= 0.6 is 0 Å². The monoisotopic (exact) mass is 318 g/mol. The minimum absolute atomic E-state index is 0.497. The zero-order valence-corrected chi connectivity index (χ0v) is 15.4. The summed E-state index contributed by atoms with van der Waals surface area (Å²) in [6.45, 7) is 7.18. The maximum atomic E-state index is 2.44. The van der Waals surface area contributed by atoms with Crippen LogP contribution in [0, 0.1) is 11.3 Å². The van der Waals surface area contributed by atoms with Gasteiger partial charge in [0.05, 0.1) is 0 Å². The van der Waals surface area contributed by atoms with E-state index in [2.05, 4.69) is 81.4 Å². The molecule has 2 aromatic carbocycles. The summed E-state index contributed by atoms with van der Waals surface area (Å²) in [5.74, 6) is 0.675. The van der Waals surface area contributed by atoms with Crippen LogP contribution in [0.5, 0.6) is 0 Å². The van der Waals surface area contributed by atoms with Gasteiger partial charge in [-0.25, -0.2) is 0 Å². The molecule has 1 unspecified atom stereocenters. The number of allylic oxidation sites excluding steroid dienone is 2. The van der Waals surface area contributed by atoms with Crippen molar-refractivity contribution in [2.75, 3.05) is 0 Å². The molecule has 0 heteroatoms. The molecule has 0 spiro atoms. The normalized spacial score (nSPS) is 21.7. The van der Waals surface area contributed by atoms with Crippen LogP contribution in [-0.4, -0.2) is 0 Å². The van der Waals surface area contributed by atoms with Gasteiger partial charge in [0.15, 0.2) is 0 Å². The van der Waals surface area contributed by atoms with Crippen LogP contribution in [0.25, 0.3) is 11.1 Å². The summed E-state index contributed by atoms with van der Waals surface area (Å²) >= 11 is 0. The highest BCUT2D eigenvalue weighted by atomic mass is 14.3. The molecule has 0 aliphatic heterocycles. The van der Waals surface area contributed by atoms with Crippen molar-refractivity contribution in [1.29, 1.82) is 0 Å². The van der Waals surface area contributed by atoms with Gasteiger partial charge in [-0.3, -0.25) is 0 Å². The molecule has 1 atom stereocenters. The van der Waals surface area contributed by atoms with E-state index in [0.29, 0.717) is 11.3 Å². The zero-order valence-electron chi connectivity index (χ0n) is 15.4. The Morgan fingerprint density at radius 3 is 2.00 bits per heavy atom. The van der Waals surface area contributed by atoms with Gasteiger partial charge in [0.25, 0.3) is 0 Å². The van der Waals surface area contributed by atoms with E-state index in [4.69, 9.17) is 0 Å². The van der Waals surface area contributed by atoms with Crippen molar-refractivity contribution < 1.29 is 0 Å². The molecule has 1 saturated carbocycles. The van der Waals surface area contributed by atoms with Crippen LogP contribution < -0.4 is 0 Å².